The predicted octanol–water partition coefficient (Wildman–Crippen LogP) is 0.849. The van der Waals surface area contributed by atoms with E-state index in [1.54, 1.807) is 0 Å². The molecule has 0 spiro atoms. The molecule has 0 aromatic carbocycles. The summed E-state index contributed by atoms with van der Waals surface area (Å²) >= 11 is 0. The van der Waals surface area contributed by atoms with Crippen molar-refractivity contribution in [2.45, 2.75) is 32.6 Å². The number of nitrogens with one attached hydrogen (secondary N) is 2. The summed E-state index contributed by atoms with van der Waals surface area (Å²) in [5.41, 5.74) is 0. The highest BCUT2D eigenvalue weighted by molar-refractivity contribution is 5.78. The Morgan fingerprint density at radius 2 is 1.89 bits per heavy atom. The summed E-state index contributed by atoms with van der Waals surface area (Å²) in [5, 5.41) is 14.8. The second-order valence-corrected chi connectivity index (χ2v) is 5.26. The summed E-state index contributed by atoms with van der Waals surface area (Å²) in [4.78, 5) is 22.5. The number of aliphatic carboxylic acids is 1. The number of amides is 1. The molecule has 0 aromatic heterocycles. The van der Waals surface area contributed by atoms with Crippen LogP contribution in [-0.4, -0.2) is 37.1 Å². The first kappa shape index (κ1) is 15.0. The van der Waals surface area contributed by atoms with Gasteiger partial charge in [0.2, 0.25) is 5.91 Å². The van der Waals surface area contributed by atoms with Crippen molar-refractivity contribution in [3.63, 3.8) is 0 Å². The van der Waals surface area contributed by atoms with Gasteiger partial charge in [-0.25, -0.2) is 0 Å². The largest absolute Gasteiger partial charge is 0.481 e. The van der Waals surface area contributed by atoms with Crippen LogP contribution in [0.4, 0.5) is 0 Å². The van der Waals surface area contributed by atoms with Gasteiger partial charge in [0.1, 0.15) is 0 Å². The van der Waals surface area contributed by atoms with Crippen LogP contribution < -0.4 is 10.6 Å². The van der Waals surface area contributed by atoms with E-state index in [9.17, 15) is 9.59 Å². The molecule has 1 atom stereocenters. The van der Waals surface area contributed by atoms with Crippen LogP contribution in [0.5, 0.6) is 0 Å². The van der Waals surface area contributed by atoms with Crippen LogP contribution in [0.1, 0.15) is 32.6 Å². The molecule has 0 aromatic rings. The van der Waals surface area contributed by atoms with Crippen LogP contribution in [0.2, 0.25) is 0 Å². The summed E-state index contributed by atoms with van der Waals surface area (Å²) in [5.74, 6) is -0.373. The molecule has 18 heavy (non-hydrogen) atoms. The van der Waals surface area contributed by atoms with Crippen LogP contribution in [0, 0.1) is 17.8 Å². The van der Waals surface area contributed by atoms with E-state index >= 15 is 0 Å². The number of rotatable bonds is 6. The second-order valence-electron chi connectivity index (χ2n) is 5.26. The molecular formula is C13H24N2O3. The van der Waals surface area contributed by atoms with E-state index in [1.165, 1.54) is 0 Å². The highest BCUT2D eigenvalue weighted by Crippen LogP contribution is 2.28. The smallest absolute Gasteiger partial charge is 0.306 e. The average Bonchev–Trinajstić information content (AvgIpc) is 2.36. The molecule has 1 amide bonds. The molecule has 0 saturated heterocycles. The molecule has 5 nitrogen and oxygen atoms in total. The minimum atomic E-state index is -0.680. The molecule has 0 radical (unpaired) electrons. The third-order valence-electron chi connectivity index (χ3n) is 3.72. The lowest BCUT2D eigenvalue weighted by Gasteiger charge is -2.26. The van der Waals surface area contributed by atoms with Gasteiger partial charge in [0.15, 0.2) is 0 Å². The van der Waals surface area contributed by atoms with Crippen molar-refractivity contribution < 1.29 is 14.7 Å². The highest BCUT2D eigenvalue weighted by Gasteiger charge is 2.26. The third kappa shape index (κ3) is 4.64. The fourth-order valence-electron chi connectivity index (χ4n) is 2.43. The van der Waals surface area contributed by atoms with Crippen LogP contribution in [0.15, 0.2) is 0 Å². The number of hydrogen-bond donors (Lipinski definition) is 3. The Balaban J connectivity index is 2.21. The average molecular weight is 256 g/mol. The summed E-state index contributed by atoms with van der Waals surface area (Å²) in [6, 6.07) is 0. The minimum absolute atomic E-state index is 0.0228. The fourth-order valence-corrected chi connectivity index (χ4v) is 2.43. The third-order valence-corrected chi connectivity index (χ3v) is 3.72. The summed E-state index contributed by atoms with van der Waals surface area (Å²) < 4.78 is 0. The SMILES string of the molecule is CNCC(C)C(=O)NCC1CCC(C(=O)O)CC1. The lowest BCUT2D eigenvalue weighted by atomic mass is 9.82. The Kier molecular flexibility index (Phi) is 6.12. The summed E-state index contributed by atoms with van der Waals surface area (Å²) in [6.07, 6.45) is 3.28. The van der Waals surface area contributed by atoms with Crippen molar-refractivity contribution in [2.24, 2.45) is 17.8 Å². The Bertz CT molecular complexity index is 286. The number of carbonyl (C=O) groups is 2. The summed E-state index contributed by atoms with van der Waals surface area (Å²) in [6.45, 7) is 3.25. The molecule has 1 rings (SSSR count). The van der Waals surface area contributed by atoms with Crippen LogP contribution in [0.25, 0.3) is 0 Å². The van der Waals surface area contributed by atoms with Gasteiger partial charge in [-0.05, 0) is 38.6 Å². The molecule has 0 bridgehead atoms. The lowest BCUT2D eigenvalue weighted by molar-refractivity contribution is -0.143. The van der Waals surface area contributed by atoms with Crippen molar-refractivity contribution in [3.05, 3.63) is 0 Å². The van der Waals surface area contributed by atoms with E-state index in [2.05, 4.69) is 10.6 Å². The molecule has 1 aliphatic rings. The molecule has 0 heterocycles. The molecule has 1 unspecified atom stereocenters. The van der Waals surface area contributed by atoms with Gasteiger partial charge >= 0.3 is 5.97 Å². The van der Waals surface area contributed by atoms with E-state index in [1.807, 2.05) is 14.0 Å². The first-order valence-electron chi connectivity index (χ1n) is 6.69. The normalized spacial score (nSPS) is 25.4. The van der Waals surface area contributed by atoms with E-state index in [0.717, 1.165) is 25.7 Å². The molecule has 5 heteroatoms. The molecule has 3 N–H and O–H groups in total. The minimum Gasteiger partial charge on any atom is -0.481 e. The van der Waals surface area contributed by atoms with Crippen molar-refractivity contribution in [1.29, 1.82) is 0 Å². The van der Waals surface area contributed by atoms with Crippen molar-refractivity contribution in [1.82, 2.24) is 10.6 Å². The maximum Gasteiger partial charge on any atom is 0.306 e. The molecule has 1 saturated carbocycles. The zero-order valence-electron chi connectivity index (χ0n) is 11.2. The summed E-state index contributed by atoms with van der Waals surface area (Å²) in [7, 11) is 1.83. The Hall–Kier alpha value is -1.10. The van der Waals surface area contributed by atoms with Gasteiger partial charge in [-0.2, -0.15) is 0 Å². The zero-order chi connectivity index (χ0) is 13.5. The Morgan fingerprint density at radius 3 is 2.39 bits per heavy atom. The van der Waals surface area contributed by atoms with Crippen LogP contribution in [0.3, 0.4) is 0 Å². The topological polar surface area (TPSA) is 78.4 Å². The lowest BCUT2D eigenvalue weighted by Crippen LogP contribution is -2.38. The molecule has 1 aliphatic carbocycles. The standard InChI is InChI=1S/C13H24N2O3/c1-9(7-14-2)12(16)15-8-10-3-5-11(6-4-10)13(17)18/h9-11,14H,3-8H2,1-2H3,(H,15,16)(H,17,18). The maximum absolute atomic E-state index is 11.7. The molecular weight excluding hydrogens is 232 g/mol. The number of hydrogen-bond acceptors (Lipinski definition) is 3. The van der Waals surface area contributed by atoms with Crippen molar-refractivity contribution in [3.8, 4) is 0 Å². The zero-order valence-corrected chi connectivity index (χ0v) is 11.2. The van der Waals surface area contributed by atoms with E-state index in [-0.39, 0.29) is 17.7 Å². The second kappa shape index (κ2) is 7.36. The van der Waals surface area contributed by atoms with Gasteiger partial charge in [0.05, 0.1) is 5.92 Å². The van der Waals surface area contributed by atoms with E-state index in [0.29, 0.717) is 19.0 Å². The quantitative estimate of drug-likeness (QED) is 0.658. The van der Waals surface area contributed by atoms with Gasteiger partial charge in [0.25, 0.3) is 0 Å². The van der Waals surface area contributed by atoms with Gasteiger partial charge in [-0.15, -0.1) is 0 Å². The Labute approximate surface area is 108 Å². The van der Waals surface area contributed by atoms with Crippen LogP contribution >= 0.6 is 0 Å². The van der Waals surface area contributed by atoms with Crippen molar-refractivity contribution in [2.75, 3.05) is 20.1 Å². The number of carbonyl (C=O) groups excluding carboxylic acids is 1. The Morgan fingerprint density at radius 1 is 1.28 bits per heavy atom. The fraction of sp³-hybridized carbons (Fsp3) is 0.846. The maximum atomic E-state index is 11.7. The van der Waals surface area contributed by atoms with Gasteiger partial charge in [0, 0.05) is 19.0 Å². The molecule has 1 fully saturated rings. The first-order chi connectivity index (χ1) is 8.54. The number of carboxylic acids is 1. The predicted molar refractivity (Wildman–Crippen MR) is 69.2 cm³/mol. The molecule has 104 valence electrons. The van der Waals surface area contributed by atoms with Gasteiger partial charge in [-0.1, -0.05) is 6.92 Å². The van der Waals surface area contributed by atoms with Gasteiger partial charge in [-0.3, -0.25) is 9.59 Å². The van der Waals surface area contributed by atoms with Crippen LogP contribution in [-0.2, 0) is 9.59 Å². The van der Waals surface area contributed by atoms with E-state index in [4.69, 9.17) is 5.11 Å². The number of carboxylic acid groups (broad SMARTS) is 1. The van der Waals surface area contributed by atoms with E-state index < -0.39 is 5.97 Å². The highest BCUT2D eigenvalue weighted by atomic mass is 16.4. The van der Waals surface area contributed by atoms with Crippen molar-refractivity contribution >= 4 is 11.9 Å². The first-order valence-corrected chi connectivity index (χ1v) is 6.69. The molecule has 0 aliphatic heterocycles. The monoisotopic (exact) mass is 256 g/mol. The van der Waals surface area contributed by atoms with Gasteiger partial charge < -0.3 is 15.7 Å².